The van der Waals surface area contributed by atoms with E-state index in [1.807, 2.05) is 0 Å². The number of rotatable bonds is 2. The number of para-hydroxylation sites is 1. The number of hydrogen-bond acceptors (Lipinski definition) is 0. The summed E-state index contributed by atoms with van der Waals surface area (Å²) in [6.07, 6.45) is 5.77. The molecule has 0 aliphatic carbocycles. The third kappa shape index (κ3) is 2.48. The Bertz CT molecular complexity index is 1700. The molecule has 4 heterocycles. The summed E-state index contributed by atoms with van der Waals surface area (Å²) in [5.74, 6) is 0.938. The van der Waals surface area contributed by atoms with Gasteiger partial charge in [-0.1, -0.05) is 88.9 Å². The van der Waals surface area contributed by atoms with Gasteiger partial charge in [-0.3, -0.25) is 0 Å². The third-order valence-electron chi connectivity index (χ3n) is 9.12. The SMILES string of the molecule is C=C1c2cccc3c4ccccc4n4c5c[n+](c4c23)C1(CC)CCC(C)c1cccc(C(C)C)c1-5. The maximum absolute atomic E-state index is 4.80. The van der Waals surface area contributed by atoms with Crippen LogP contribution in [0.25, 0.3) is 44.2 Å². The molecule has 0 radical (unpaired) electrons. The number of pyridine rings is 1. The lowest BCUT2D eigenvalue weighted by Crippen LogP contribution is -2.57. The fourth-order valence-corrected chi connectivity index (χ4v) is 7.22. The molecule has 2 unspecified atom stereocenters. The first kappa shape index (κ1) is 20.9. The van der Waals surface area contributed by atoms with Crippen LogP contribution >= 0.6 is 0 Å². The number of fused-ring (bicyclic) bond motifs is 7. The summed E-state index contributed by atoms with van der Waals surface area (Å²) in [5, 5.41) is 3.99. The van der Waals surface area contributed by atoms with Gasteiger partial charge >= 0.3 is 0 Å². The molecule has 0 saturated heterocycles. The number of aromatic nitrogens is 2. The number of nitrogens with zero attached hydrogens (tertiary/aromatic N) is 2. The Labute approximate surface area is 207 Å². The van der Waals surface area contributed by atoms with Crippen LogP contribution in [0, 0.1) is 0 Å². The molecule has 2 aromatic heterocycles. The molecule has 0 spiro atoms. The van der Waals surface area contributed by atoms with Crippen LogP contribution in [0.1, 0.15) is 75.5 Å². The predicted molar refractivity (Wildman–Crippen MR) is 147 cm³/mol. The van der Waals surface area contributed by atoms with Crippen LogP contribution in [0.3, 0.4) is 0 Å². The molecule has 0 saturated carbocycles. The minimum atomic E-state index is -0.110. The lowest BCUT2D eigenvalue weighted by molar-refractivity contribution is -0.726. The summed E-state index contributed by atoms with van der Waals surface area (Å²) in [5.41, 5.74) is 10.8. The highest BCUT2D eigenvalue weighted by Gasteiger charge is 2.47. The van der Waals surface area contributed by atoms with Crippen LogP contribution in [0.5, 0.6) is 0 Å². The first-order valence-corrected chi connectivity index (χ1v) is 13.2. The van der Waals surface area contributed by atoms with E-state index in [4.69, 9.17) is 6.58 Å². The zero-order valence-corrected chi connectivity index (χ0v) is 21.2. The Morgan fingerprint density at radius 1 is 1.03 bits per heavy atom. The van der Waals surface area contributed by atoms with E-state index in [0.29, 0.717) is 11.8 Å². The van der Waals surface area contributed by atoms with Gasteiger partial charge in [-0.05, 0) is 53.9 Å². The standard InChI is InChI=1S/C33H33N2/c1-6-33-18-17-21(4)24-13-9-12-23(20(2)3)30(24)29-19-34(33)32-31-25(22(33)5)14-10-15-27(31)26-11-7-8-16-28(26)35(29)32/h7-16,19-21H,5-6,17-18H2,1-4H3/q+1. The van der Waals surface area contributed by atoms with Gasteiger partial charge < -0.3 is 0 Å². The summed E-state index contributed by atoms with van der Waals surface area (Å²) >= 11 is 0. The van der Waals surface area contributed by atoms with Crippen LogP contribution in [0.15, 0.2) is 73.4 Å². The van der Waals surface area contributed by atoms with Gasteiger partial charge in [0.15, 0.2) is 5.69 Å². The molecule has 5 aromatic rings. The van der Waals surface area contributed by atoms with E-state index < -0.39 is 0 Å². The number of imidazole rings is 1. The van der Waals surface area contributed by atoms with Crippen molar-refractivity contribution in [3.8, 4) is 11.3 Å². The molecule has 7 rings (SSSR count). The van der Waals surface area contributed by atoms with E-state index >= 15 is 0 Å². The number of hydrogen-bond donors (Lipinski definition) is 0. The molecule has 2 atom stereocenters. The fourth-order valence-electron chi connectivity index (χ4n) is 7.22. The molecule has 2 bridgehead atoms. The lowest BCUT2D eigenvalue weighted by Gasteiger charge is -2.36. The van der Waals surface area contributed by atoms with Crippen molar-refractivity contribution in [2.75, 3.05) is 0 Å². The second-order valence-electron chi connectivity index (χ2n) is 11.1. The monoisotopic (exact) mass is 457 g/mol. The molecule has 2 aliphatic heterocycles. The molecule has 2 heteroatoms. The highest BCUT2D eigenvalue weighted by Crippen LogP contribution is 2.50. The first-order chi connectivity index (χ1) is 17.0. The zero-order valence-electron chi connectivity index (χ0n) is 21.2. The molecule has 0 amide bonds. The summed E-state index contributed by atoms with van der Waals surface area (Å²) in [7, 11) is 0. The van der Waals surface area contributed by atoms with Gasteiger partial charge in [0, 0.05) is 21.9 Å². The smallest absolute Gasteiger partial charge is 0.219 e. The second-order valence-corrected chi connectivity index (χ2v) is 11.1. The lowest BCUT2D eigenvalue weighted by atomic mass is 9.74. The molecular formula is C33H33N2+. The van der Waals surface area contributed by atoms with Crippen molar-refractivity contribution in [3.63, 3.8) is 0 Å². The zero-order chi connectivity index (χ0) is 24.1. The van der Waals surface area contributed by atoms with Crippen molar-refractivity contribution in [3.05, 3.63) is 90.1 Å². The second kappa shape index (κ2) is 7.07. The Morgan fingerprint density at radius 2 is 1.80 bits per heavy atom. The van der Waals surface area contributed by atoms with Crippen molar-refractivity contribution in [2.24, 2.45) is 0 Å². The normalized spacial score (nSPS) is 21.2. The molecule has 0 fully saturated rings. The Morgan fingerprint density at radius 3 is 2.60 bits per heavy atom. The first-order valence-electron chi connectivity index (χ1n) is 13.2. The van der Waals surface area contributed by atoms with Gasteiger partial charge in [-0.2, -0.15) is 4.40 Å². The molecule has 174 valence electrons. The molecule has 35 heavy (non-hydrogen) atoms. The summed E-state index contributed by atoms with van der Waals surface area (Å²) in [4.78, 5) is 0. The summed E-state index contributed by atoms with van der Waals surface area (Å²) in [6.45, 7) is 14.2. The van der Waals surface area contributed by atoms with Gasteiger partial charge in [0.05, 0.1) is 5.39 Å². The Hall–Kier alpha value is -3.39. The van der Waals surface area contributed by atoms with Crippen molar-refractivity contribution in [2.45, 2.75) is 64.3 Å². The molecule has 3 aromatic carbocycles. The average molecular weight is 458 g/mol. The van der Waals surface area contributed by atoms with Crippen molar-refractivity contribution in [1.29, 1.82) is 0 Å². The van der Waals surface area contributed by atoms with E-state index in [0.717, 1.165) is 19.3 Å². The van der Waals surface area contributed by atoms with Crippen LogP contribution < -0.4 is 4.57 Å². The van der Waals surface area contributed by atoms with Crippen molar-refractivity contribution < 1.29 is 4.57 Å². The highest BCUT2D eigenvalue weighted by molar-refractivity contribution is 6.16. The topological polar surface area (TPSA) is 8.29 Å². The van der Waals surface area contributed by atoms with E-state index in [-0.39, 0.29) is 5.54 Å². The fraction of sp³-hybridized carbons (Fsp3) is 0.303. The molecule has 0 N–H and O–H groups in total. The van der Waals surface area contributed by atoms with Crippen LogP contribution in [-0.2, 0) is 5.54 Å². The summed E-state index contributed by atoms with van der Waals surface area (Å²) in [6, 6.07) is 22.8. The van der Waals surface area contributed by atoms with Crippen LogP contribution in [-0.4, -0.2) is 4.40 Å². The van der Waals surface area contributed by atoms with Crippen LogP contribution in [0.2, 0.25) is 0 Å². The number of allylic oxidation sites excluding steroid dienone is 1. The largest absolute Gasteiger partial charge is 0.296 e. The quantitative estimate of drug-likeness (QED) is 0.186. The van der Waals surface area contributed by atoms with Crippen molar-refractivity contribution >= 4 is 32.9 Å². The molecular weight excluding hydrogens is 424 g/mol. The maximum Gasteiger partial charge on any atom is 0.296 e. The third-order valence-corrected chi connectivity index (χ3v) is 9.12. The van der Waals surface area contributed by atoms with E-state index in [1.54, 1.807) is 0 Å². The summed E-state index contributed by atoms with van der Waals surface area (Å²) < 4.78 is 5.21. The number of benzene rings is 3. The van der Waals surface area contributed by atoms with E-state index in [1.165, 1.54) is 60.8 Å². The van der Waals surface area contributed by atoms with Gasteiger partial charge in [-0.15, -0.1) is 0 Å². The Balaban J connectivity index is 1.82. The van der Waals surface area contributed by atoms with Gasteiger partial charge in [0.25, 0.3) is 5.65 Å². The average Bonchev–Trinajstić information content (AvgIpc) is 3.30. The van der Waals surface area contributed by atoms with Gasteiger partial charge in [0.1, 0.15) is 17.3 Å². The predicted octanol–water partition coefficient (Wildman–Crippen LogP) is 8.35. The van der Waals surface area contributed by atoms with Crippen LogP contribution in [0.4, 0.5) is 0 Å². The molecule has 2 aliphatic rings. The van der Waals surface area contributed by atoms with Crippen molar-refractivity contribution in [1.82, 2.24) is 4.40 Å². The van der Waals surface area contributed by atoms with E-state index in [9.17, 15) is 0 Å². The van der Waals surface area contributed by atoms with Gasteiger partial charge in [-0.25, -0.2) is 4.57 Å². The Kier molecular flexibility index (Phi) is 4.23. The van der Waals surface area contributed by atoms with E-state index in [2.05, 4.69) is 104 Å². The molecule has 2 nitrogen and oxygen atoms in total. The minimum absolute atomic E-state index is 0.110. The maximum atomic E-state index is 4.80. The minimum Gasteiger partial charge on any atom is -0.219 e. The van der Waals surface area contributed by atoms with Gasteiger partial charge in [0.2, 0.25) is 0 Å². The highest BCUT2D eigenvalue weighted by atomic mass is 15.2.